The predicted molar refractivity (Wildman–Crippen MR) is 37.9 cm³/mol. The molecule has 0 N–H and O–H groups in total. The van der Waals surface area contributed by atoms with Gasteiger partial charge in [-0.2, -0.15) is 35.1 Å². The molecule has 0 amide bonds. The summed E-state index contributed by atoms with van der Waals surface area (Å²) in [7, 11) is 0.157. The van der Waals surface area contributed by atoms with E-state index >= 15 is 0 Å². The standard InChI is InChI=1S/C7H3F9O3/c1-19-3(18)4(8,9)2(17)5(10,6(11,12)13)7(14,15)16/h1H3. The van der Waals surface area contributed by atoms with Crippen LogP contribution in [0.15, 0.2) is 0 Å². The van der Waals surface area contributed by atoms with Crippen LogP contribution in [0.1, 0.15) is 0 Å². The summed E-state index contributed by atoms with van der Waals surface area (Å²) in [5.41, 5.74) is -6.89. The van der Waals surface area contributed by atoms with Crippen LogP contribution < -0.4 is 0 Å². The Balaban J connectivity index is 5.97. The summed E-state index contributed by atoms with van der Waals surface area (Å²) in [6, 6.07) is 0. The van der Waals surface area contributed by atoms with E-state index in [1.54, 1.807) is 0 Å². The first-order chi connectivity index (χ1) is 8.14. The molecule has 0 unspecified atom stereocenters. The second-order valence-corrected chi connectivity index (χ2v) is 3.05. The molecule has 0 saturated carbocycles. The van der Waals surface area contributed by atoms with Crippen LogP contribution in [0.3, 0.4) is 0 Å². The van der Waals surface area contributed by atoms with E-state index in [1.807, 2.05) is 0 Å². The largest absolute Gasteiger partial charge is 0.464 e. The normalized spacial score (nSPS) is 14.2. The number of Topliss-reactive ketones (excluding diaryl/α,β-unsaturated/α-hetero) is 1. The molecule has 0 spiro atoms. The number of halogens is 9. The fraction of sp³-hybridized carbons (Fsp3) is 0.714. The lowest BCUT2D eigenvalue weighted by Gasteiger charge is -2.30. The molecule has 12 heteroatoms. The van der Waals surface area contributed by atoms with Gasteiger partial charge in [-0.05, 0) is 0 Å². The van der Waals surface area contributed by atoms with Gasteiger partial charge in [-0.25, -0.2) is 9.18 Å². The van der Waals surface area contributed by atoms with Gasteiger partial charge in [0.2, 0.25) is 0 Å². The predicted octanol–water partition coefficient (Wildman–Crippen LogP) is 2.20. The van der Waals surface area contributed by atoms with Crippen molar-refractivity contribution in [2.24, 2.45) is 0 Å². The van der Waals surface area contributed by atoms with Gasteiger partial charge < -0.3 is 4.74 Å². The van der Waals surface area contributed by atoms with Crippen LogP contribution in [0.5, 0.6) is 0 Å². The van der Waals surface area contributed by atoms with Crippen molar-refractivity contribution < 1.29 is 53.8 Å². The third-order valence-electron chi connectivity index (χ3n) is 1.82. The van der Waals surface area contributed by atoms with Crippen molar-refractivity contribution >= 4 is 11.8 Å². The van der Waals surface area contributed by atoms with Crippen LogP contribution in [0, 0.1) is 0 Å². The molecule has 0 aliphatic heterocycles. The fourth-order valence-corrected chi connectivity index (χ4v) is 0.855. The van der Waals surface area contributed by atoms with Gasteiger partial charge in [-0.1, -0.05) is 0 Å². The molecule has 0 aromatic rings. The van der Waals surface area contributed by atoms with Crippen molar-refractivity contribution in [2.45, 2.75) is 23.9 Å². The van der Waals surface area contributed by atoms with Gasteiger partial charge in [0, 0.05) is 0 Å². The summed E-state index contributed by atoms with van der Waals surface area (Å²) < 4.78 is 113. The van der Waals surface area contributed by atoms with Crippen LogP contribution >= 0.6 is 0 Å². The van der Waals surface area contributed by atoms with E-state index in [2.05, 4.69) is 4.74 Å². The Morgan fingerprint density at radius 1 is 0.789 bits per heavy atom. The minimum atomic E-state index is -7.03. The zero-order valence-electron chi connectivity index (χ0n) is 8.63. The number of hydrogen-bond donors (Lipinski definition) is 0. The van der Waals surface area contributed by atoms with Crippen LogP contribution in [0.4, 0.5) is 39.5 Å². The number of hydrogen-bond acceptors (Lipinski definition) is 3. The Morgan fingerprint density at radius 3 is 1.32 bits per heavy atom. The van der Waals surface area contributed by atoms with Gasteiger partial charge in [-0.15, -0.1) is 0 Å². The maximum atomic E-state index is 12.9. The summed E-state index contributed by atoms with van der Waals surface area (Å²) >= 11 is 0. The Labute approximate surface area is 97.9 Å². The minimum absolute atomic E-state index is 0.157. The van der Waals surface area contributed by atoms with E-state index < -0.39 is 35.7 Å². The van der Waals surface area contributed by atoms with Crippen LogP contribution in [-0.2, 0) is 14.3 Å². The van der Waals surface area contributed by atoms with E-state index in [4.69, 9.17) is 0 Å². The smallest absolute Gasteiger partial charge is 0.439 e. The lowest BCUT2D eigenvalue weighted by Crippen LogP contribution is -2.64. The van der Waals surface area contributed by atoms with Crippen LogP contribution in [0.2, 0.25) is 0 Å². The third-order valence-corrected chi connectivity index (χ3v) is 1.82. The third kappa shape index (κ3) is 2.61. The second-order valence-electron chi connectivity index (χ2n) is 3.05. The Hall–Kier alpha value is -1.49. The molecule has 0 rings (SSSR count). The first kappa shape index (κ1) is 17.5. The number of ketones is 1. The summed E-state index contributed by atoms with van der Waals surface area (Å²) in [5, 5.41) is 0. The molecular formula is C7H3F9O3. The van der Waals surface area contributed by atoms with Gasteiger partial charge in [0.05, 0.1) is 7.11 Å². The summed E-state index contributed by atoms with van der Waals surface area (Å²) in [6.07, 6.45) is -14.1. The molecule has 0 heterocycles. The molecule has 0 saturated heterocycles. The monoisotopic (exact) mass is 306 g/mol. The maximum absolute atomic E-state index is 12.9. The number of carbonyl (C=O) groups excluding carboxylic acids is 2. The summed E-state index contributed by atoms with van der Waals surface area (Å²) in [5.74, 6) is -13.3. The molecule has 0 fully saturated rings. The number of carbonyl (C=O) groups is 2. The SMILES string of the molecule is COC(=O)C(F)(F)C(=O)C(F)(C(F)(F)F)C(F)(F)F. The Morgan fingerprint density at radius 2 is 1.11 bits per heavy atom. The van der Waals surface area contributed by atoms with E-state index in [0.29, 0.717) is 0 Å². The highest BCUT2D eigenvalue weighted by molar-refractivity contribution is 6.10. The first-order valence-electron chi connectivity index (χ1n) is 3.97. The lowest BCUT2D eigenvalue weighted by atomic mass is 9.94. The number of rotatable bonds is 3. The zero-order valence-corrected chi connectivity index (χ0v) is 8.63. The highest BCUT2D eigenvalue weighted by Gasteiger charge is 2.82. The quantitative estimate of drug-likeness (QED) is 0.456. The van der Waals surface area contributed by atoms with Gasteiger partial charge in [0.15, 0.2) is 0 Å². The molecule has 19 heavy (non-hydrogen) atoms. The molecule has 3 nitrogen and oxygen atoms in total. The second kappa shape index (κ2) is 4.56. The Kier molecular flexibility index (Phi) is 4.20. The van der Waals surface area contributed by atoms with Gasteiger partial charge in [0.25, 0.3) is 5.78 Å². The zero-order chi connectivity index (χ0) is 15.9. The average molecular weight is 306 g/mol. The van der Waals surface area contributed by atoms with Crippen LogP contribution in [-0.4, -0.2) is 42.8 Å². The average Bonchev–Trinajstić information content (AvgIpc) is 2.22. The lowest BCUT2D eigenvalue weighted by molar-refractivity contribution is -0.329. The maximum Gasteiger partial charge on any atom is 0.439 e. The highest BCUT2D eigenvalue weighted by Crippen LogP contribution is 2.49. The summed E-state index contributed by atoms with van der Waals surface area (Å²) in [4.78, 5) is 20.8. The van der Waals surface area contributed by atoms with E-state index in [0.717, 1.165) is 0 Å². The fourth-order valence-electron chi connectivity index (χ4n) is 0.855. The number of methoxy groups -OCH3 is 1. The molecule has 0 aliphatic carbocycles. The number of esters is 1. The van der Waals surface area contributed by atoms with Crippen molar-refractivity contribution in [1.29, 1.82) is 0 Å². The van der Waals surface area contributed by atoms with Crippen molar-refractivity contribution in [3.05, 3.63) is 0 Å². The highest BCUT2D eigenvalue weighted by atomic mass is 19.4. The molecule has 0 bridgehead atoms. The number of alkyl halides is 9. The number of ether oxygens (including phenoxy) is 1. The van der Waals surface area contributed by atoms with E-state index in [9.17, 15) is 49.1 Å². The molecule has 0 aromatic heterocycles. The van der Waals surface area contributed by atoms with E-state index in [1.165, 1.54) is 0 Å². The Bertz CT molecular complexity index is 366. The molecule has 112 valence electrons. The molecule has 0 radical (unpaired) electrons. The molecule has 0 aliphatic rings. The molecule has 0 atom stereocenters. The van der Waals surface area contributed by atoms with E-state index in [-0.39, 0.29) is 7.11 Å². The molecule has 0 aromatic carbocycles. The van der Waals surface area contributed by atoms with Crippen molar-refractivity contribution in [1.82, 2.24) is 0 Å². The van der Waals surface area contributed by atoms with Crippen LogP contribution in [0.25, 0.3) is 0 Å². The minimum Gasteiger partial charge on any atom is -0.464 e. The first-order valence-corrected chi connectivity index (χ1v) is 3.97. The van der Waals surface area contributed by atoms with Crippen molar-refractivity contribution in [2.75, 3.05) is 7.11 Å². The summed E-state index contributed by atoms with van der Waals surface area (Å²) in [6.45, 7) is 0. The van der Waals surface area contributed by atoms with Gasteiger partial charge in [-0.3, -0.25) is 4.79 Å². The topological polar surface area (TPSA) is 43.4 Å². The van der Waals surface area contributed by atoms with Crippen molar-refractivity contribution in [3.63, 3.8) is 0 Å². The molecular weight excluding hydrogens is 303 g/mol. The van der Waals surface area contributed by atoms with Crippen molar-refractivity contribution in [3.8, 4) is 0 Å². The van der Waals surface area contributed by atoms with Gasteiger partial charge >= 0.3 is 29.9 Å². The van der Waals surface area contributed by atoms with Gasteiger partial charge in [0.1, 0.15) is 0 Å².